The molecule has 1 saturated carbocycles. The van der Waals surface area contributed by atoms with Crippen LogP contribution < -0.4 is 0 Å². The highest BCUT2D eigenvalue weighted by molar-refractivity contribution is 7.86. The van der Waals surface area contributed by atoms with Crippen LogP contribution in [0.2, 0.25) is 24.7 Å². The predicted molar refractivity (Wildman–Crippen MR) is 79.4 cm³/mol. The Bertz CT molecular complexity index is 548. The molecule has 1 fully saturated rings. The van der Waals surface area contributed by atoms with Gasteiger partial charge < -0.3 is 0 Å². The highest BCUT2D eigenvalue weighted by Crippen LogP contribution is 2.65. The lowest BCUT2D eigenvalue weighted by molar-refractivity contribution is 0.288. The molecule has 0 heterocycles. The molecule has 1 aromatic carbocycles. The van der Waals surface area contributed by atoms with Gasteiger partial charge in [-0.2, -0.15) is 8.42 Å². The van der Waals surface area contributed by atoms with Crippen LogP contribution in [0.4, 0.5) is 0 Å². The van der Waals surface area contributed by atoms with Crippen molar-refractivity contribution in [1.29, 1.82) is 0 Å². The largest absolute Gasteiger partial charge is 0.297 e. The first-order valence-electron chi connectivity index (χ1n) is 6.71. The molecule has 0 spiro atoms. The molecule has 0 amide bonds. The van der Waals surface area contributed by atoms with Gasteiger partial charge in [0, 0.05) is 0 Å². The molecule has 106 valence electrons. The molecule has 0 bridgehead atoms. The zero-order valence-electron chi connectivity index (χ0n) is 12.0. The van der Waals surface area contributed by atoms with Crippen LogP contribution in [0.3, 0.4) is 0 Å². The van der Waals surface area contributed by atoms with Crippen molar-refractivity contribution in [3.8, 4) is 0 Å². The SMILES string of the molecule is CCC1([Si](C)(C)C)CC1OS(=O)(=O)c1ccccc1. The van der Waals surface area contributed by atoms with Crippen molar-refractivity contribution >= 4 is 18.2 Å². The Kier molecular flexibility index (Phi) is 3.66. The molecule has 2 atom stereocenters. The lowest BCUT2D eigenvalue weighted by atomic mass is 10.3. The molecule has 0 N–H and O–H groups in total. The molecule has 1 aliphatic carbocycles. The Balaban J connectivity index is 2.17. The summed E-state index contributed by atoms with van der Waals surface area (Å²) < 4.78 is 29.9. The van der Waals surface area contributed by atoms with Gasteiger partial charge in [0.1, 0.15) is 0 Å². The summed E-state index contributed by atoms with van der Waals surface area (Å²) in [6.07, 6.45) is 1.75. The molecule has 2 rings (SSSR count). The highest BCUT2D eigenvalue weighted by atomic mass is 32.2. The van der Waals surface area contributed by atoms with Gasteiger partial charge in [0.15, 0.2) is 0 Å². The van der Waals surface area contributed by atoms with Gasteiger partial charge in [0.05, 0.1) is 19.1 Å². The molecular formula is C14H22O3SSi. The van der Waals surface area contributed by atoms with E-state index in [2.05, 4.69) is 26.6 Å². The summed E-state index contributed by atoms with van der Waals surface area (Å²) in [5.41, 5.74) is 0. The minimum Gasteiger partial charge on any atom is -0.263 e. The van der Waals surface area contributed by atoms with Crippen LogP contribution in [0.1, 0.15) is 19.8 Å². The van der Waals surface area contributed by atoms with E-state index in [1.54, 1.807) is 30.3 Å². The fraction of sp³-hybridized carbons (Fsp3) is 0.571. The molecule has 0 aromatic heterocycles. The van der Waals surface area contributed by atoms with Crippen LogP contribution in [-0.2, 0) is 14.3 Å². The van der Waals surface area contributed by atoms with Crippen LogP contribution in [0.25, 0.3) is 0 Å². The second-order valence-corrected chi connectivity index (χ2v) is 13.4. The van der Waals surface area contributed by atoms with Gasteiger partial charge in [0.2, 0.25) is 0 Å². The van der Waals surface area contributed by atoms with Gasteiger partial charge in [-0.05, 0) is 23.6 Å². The van der Waals surface area contributed by atoms with E-state index in [1.165, 1.54) is 0 Å². The molecule has 1 aromatic rings. The fourth-order valence-corrected chi connectivity index (χ4v) is 7.01. The summed E-state index contributed by atoms with van der Waals surface area (Å²) in [6.45, 7) is 9.00. The second-order valence-electron chi connectivity index (χ2n) is 6.32. The summed E-state index contributed by atoms with van der Waals surface area (Å²) in [6, 6.07) is 8.40. The maximum Gasteiger partial charge on any atom is 0.297 e. The maximum absolute atomic E-state index is 12.2. The molecule has 3 nitrogen and oxygen atoms in total. The van der Waals surface area contributed by atoms with Crippen molar-refractivity contribution in [2.45, 2.75) is 55.4 Å². The van der Waals surface area contributed by atoms with Crippen molar-refractivity contribution in [1.82, 2.24) is 0 Å². The highest BCUT2D eigenvalue weighted by Gasteiger charge is 2.62. The van der Waals surface area contributed by atoms with Gasteiger partial charge in [-0.15, -0.1) is 0 Å². The topological polar surface area (TPSA) is 43.4 Å². The van der Waals surface area contributed by atoms with E-state index < -0.39 is 18.2 Å². The number of hydrogen-bond acceptors (Lipinski definition) is 3. The van der Waals surface area contributed by atoms with Crippen LogP contribution in [0.5, 0.6) is 0 Å². The Morgan fingerprint density at radius 3 is 2.26 bits per heavy atom. The van der Waals surface area contributed by atoms with E-state index in [1.807, 2.05) is 0 Å². The predicted octanol–water partition coefficient (Wildman–Crippen LogP) is 3.65. The summed E-state index contributed by atoms with van der Waals surface area (Å²) in [5, 5.41) is 0.120. The zero-order valence-corrected chi connectivity index (χ0v) is 13.8. The standard InChI is InChI=1S/C14H22O3SSi/c1-5-14(19(2,3)4)11-13(14)17-18(15,16)12-9-7-6-8-10-12/h6-10,13H,5,11H2,1-4H3. The van der Waals surface area contributed by atoms with Gasteiger partial charge in [-0.1, -0.05) is 51.2 Å². The zero-order chi connectivity index (χ0) is 14.3. The summed E-state index contributed by atoms with van der Waals surface area (Å²) in [7, 11) is -5.04. The minimum atomic E-state index is -3.62. The van der Waals surface area contributed by atoms with Gasteiger partial charge in [0.25, 0.3) is 10.1 Å². The lowest BCUT2D eigenvalue weighted by Crippen LogP contribution is -2.32. The Morgan fingerprint density at radius 1 is 1.26 bits per heavy atom. The first-order valence-corrected chi connectivity index (χ1v) is 11.6. The van der Waals surface area contributed by atoms with Gasteiger partial charge in [-0.3, -0.25) is 4.18 Å². The smallest absolute Gasteiger partial charge is 0.263 e. The number of benzene rings is 1. The average Bonchev–Trinajstić information content (AvgIpc) is 3.04. The molecule has 0 radical (unpaired) electrons. The third kappa shape index (κ3) is 2.64. The average molecular weight is 298 g/mol. The van der Waals surface area contributed by atoms with E-state index in [0.29, 0.717) is 0 Å². The fourth-order valence-electron chi connectivity index (χ4n) is 2.89. The molecule has 1 aliphatic rings. The number of rotatable bonds is 5. The second kappa shape index (κ2) is 4.72. The lowest BCUT2D eigenvalue weighted by Gasteiger charge is -2.28. The van der Waals surface area contributed by atoms with Crippen molar-refractivity contribution < 1.29 is 12.6 Å². The van der Waals surface area contributed by atoms with Crippen LogP contribution >= 0.6 is 0 Å². The molecule has 0 saturated heterocycles. The van der Waals surface area contributed by atoms with Gasteiger partial charge >= 0.3 is 0 Å². The van der Waals surface area contributed by atoms with E-state index in [9.17, 15) is 8.42 Å². The molecule has 0 aliphatic heterocycles. The third-order valence-electron chi connectivity index (χ3n) is 4.41. The first kappa shape index (κ1) is 14.7. The van der Waals surface area contributed by atoms with Crippen molar-refractivity contribution in [2.24, 2.45) is 0 Å². The summed E-state index contributed by atoms with van der Waals surface area (Å²) >= 11 is 0. The Morgan fingerprint density at radius 2 is 1.84 bits per heavy atom. The van der Waals surface area contributed by atoms with Crippen molar-refractivity contribution in [3.63, 3.8) is 0 Å². The maximum atomic E-state index is 12.2. The van der Waals surface area contributed by atoms with Gasteiger partial charge in [-0.25, -0.2) is 0 Å². The molecule has 19 heavy (non-hydrogen) atoms. The normalized spacial score (nSPS) is 27.3. The molecule has 2 unspecified atom stereocenters. The van der Waals surface area contributed by atoms with Crippen molar-refractivity contribution in [2.75, 3.05) is 0 Å². The van der Waals surface area contributed by atoms with E-state index in [4.69, 9.17) is 4.18 Å². The third-order valence-corrected chi connectivity index (χ3v) is 9.61. The van der Waals surface area contributed by atoms with Crippen LogP contribution in [0, 0.1) is 0 Å². The monoisotopic (exact) mass is 298 g/mol. The van der Waals surface area contributed by atoms with Crippen LogP contribution in [0.15, 0.2) is 35.2 Å². The molecule has 5 heteroatoms. The Hall–Kier alpha value is -0.653. The quantitative estimate of drug-likeness (QED) is 0.615. The molecular weight excluding hydrogens is 276 g/mol. The van der Waals surface area contributed by atoms with E-state index >= 15 is 0 Å². The van der Waals surface area contributed by atoms with Crippen molar-refractivity contribution in [3.05, 3.63) is 30.3 Å². The number of hydrogen-bond donors (Lipinski definition) is 0. The van der Waals surface area contributed by atoms with E-state index in [-0.39, 0.29) is 16.0 Å². The van der Waals surface area contributed by atoms with Crippen LogP contribution in [-0.4, -0.2) is 22.6 Å². The summed E-state index contributed by atoms with van der Waals surface area (Å²) in [4.78, 5) is 0.252. The summed E-state index contributed by atoms with van der Waals surface area (Å²) in [5.74, 6) is 0. The van der Waals surface area contributed by atoms with E-state index in [0.717, 1.165) is 12.8 Å². The minimum absolute atomic E-state index is 0.120. The first-order chi connectivity index (χ1) is 8.73. The Labute approximate surface area is 117 Å².